The van der Waals surface area contributed by atoms with Crippen molar-refractivity contribution >= 4 is 28.4 Å². The smallest absolute Gasteiger partial charge is 0.284 e. The van der Waals surface area contributed by atoms with Crippen molar-refractivity contribution in [3.05, 3.63) is 41.3 Å². The van der Waals surface area contributed by atoms with Gasteiger partial charge in [0.1, 0.15) is 12.8 Å². The summed E-state index contributed by atoms with van der Waals surface area (Å²) in [5.41, 5.74) is 7.53. The Morgan fingerprint density at radius 2 is 1.93 bits per heavy atom. The predicted molar refractivity (Wildman–Crippen MR) is 161 cm³/mol. The summed E-state index contributed by atoms with van der Waals surface area (Å²) in [6.07, 6.45) is 1.97. The fourth-order valence-corrected chi connectivity index (χ4v) is 6.99. The standard InChI is InChI=1S/C32H38F3N7O3/c1-40-30-20(4-2-6-22(30)28(38-40)23-11-12-27(43)37-32(23)44)5-3-15-45-26-13-14-41(17-24(26)33)16-19-7-9-21(10-8-19)42-18-25(36)29(39-42)31(34)35/h2,4,6,18-19,21,23-24,26,31H,7-17,36H2,1H3,(H,37,43,44)/t19?,21?,23?,24-,26+/m1/s1. The third kappa shape index (κ3) is 6.72. The van der Waals surface area contributed by atoms with Crippen LogP contribution in [-0.4, -0.2) is 74.8 Å². The normalized spacial score (nSPS) is 26.2. The second-order valence-corrected chi connectivity index (χ2v) is 12.4. The minimum Gasteiger partial charge on any atom is -0.396 e. The van der Waals surface area contributed by atoms with Crippen LogP contribution in [0.2, 0.25) is 0 Å². The van der Waals surface area contributed by atoms with Gasteiger partial charge in [0.15, 0.2) is 5.69 Å². The molecule has 1 aromatic carbocycles. The average Bonchev–Trinajstić information content (AvgIpc) is 3.57. The fourth-order valence-electron chi connectivity index (χ4n) is 6.99. The van der Waals surface area contributed by atoms with E-state index < -0.39 is 24.6 Å². The first-order valence-corrected chi connectivity index (χ1v) is 15.6. The molecule has 45 heavy (non-hydrogen) atoms. The van der Waals surface area contributed by atoms with Gasteiger partial charge in [-0.3, -0.25) is 29.2 Å². The monoisotopic (exact) mass is 625 g/mol. The van der Waals surface area contributed by atoms with Crippen molar-refractivity contribution in [1.82, 2.24) is 29.8 Å². The number of carbonyl (C=O) groups is 2. The number of hydrogen-bond donors (Lipinski definition) is 2. The molecule has 2 aromatic heterocycles. The number of piperidine rings is 2. The van der Waals surface area contributed by atoms with Crippen LogP contribution in [0.15, 0.2) is 24.4 Å². The zero-order chi connectivity index (χ0) is 31.7. The quantitative estimate of drug-likeness (QED) is 0.301. The number of benzene rings is 1. The Morgan fingerprint density at radius 1 is 1.13 bits per heavy atom. The maximum atomic E-state index is 15.1. The van der Waals surface area contributed by atoms with Gasteiger partial charge in [-0.1, -0.05) is 24.0 Å². The molecule has 13 heteroatoms. The largest absolute Gasteiger partial charge is 0.396 e. The van der Waals surface area contributed by atoms with Crippen LogP contribution in [0.5, 0.6) is 0 Å². The van der Waals surface area contributed by atoms with Gasteiger partial charge in [-0.15, -0.1) is 0 Å². The minimum atomic E-state index is -2.68. The van der Waals surface area contributed by atoms with Crippen molar-refractivity contribution in [2.75, 3.05) is 32.0 Å². The zero-order valence-electron chi connectivity index (χ0n) is 25.2. The number of hydrogen-bond acceptors (Lipinski definition) is 7. The maximum Gasteiger partial charge on any atom is 0.284 e. The molecule has 3 aromatic rings. The van der Waals surface area contributed by atoms with E-state index >= 15 is 4.39 Å². The van der Waals surface area contributed by atoms with Gasteiger partial charge in [-0.2, -0.15) is 10.2 Å². The number of imide groups is 1. The Hall–Kier alpha value is -3.89. The Morgan fingerprint density at radius 3 is 2.64 bits per heavy atom. The van der Waals surface area contributed by atoms with Gasteiger partial charge < -0.3 is 10.5 Å². The van der Waals surface area contributed by atoms with Crippen LogP contribution in [0, 0.1) is 17.8 Å². The molecule has 10 nitrogen and oxygen atoms in total. The lowest BCUT2D eigenvalue weighted by Crippen LogP contribution is -2.47. The van der Waals surface area contributed by atoms with Crippen molar-refractivity contribution in [1.29, 1.82) is 0 Å². The molecule has 2 saturated heterocycles. The molecule has 0 radical (unpaired) electrons. The van der Waals surface area contributed by atoms with Crippen LogP contribution in [0.1, 0.15) is 80.3 Å². The first-order chi connectivity index (χ1) is 21.7. The number of aryl methyl sites for hydroxylation is 1. The third-order valence-corrected chi connectivity index (χ3v) is 9.32. The molecule has 3 fully saturated rings. The number of anilines is 1. The van der Waals surface area contributed by atoms with E-state index in [1.807, 2.05) is 18.2 Å². The lowest BCUT2D eigenvalue weighted by Gasteiger charge is -2.38. The molecule has 2 amide bonds. The summed E-state index contributed by atoms with van der Waals surface area (Å²) in [6.45, 7) is 1.94. The Bertz CT molecular complexity index is 1620. The molecule has 3 atom stereocenters. The van der Waals surface area contributed by atoms with E-state index in [1.54, 1.807) is 16.4 Å². The van der Waals surface area contributed by atoms with Crippen molar-refractivity contribution in [2.45, 2.75) is 75.6 Å². The molecule has 3 N–H and O–H groups in total. The van der Waals surface area contributed by atoms with Gasteiger partial charge in [0.2, 0.25) is 11.8 Å². The zero-order valence-corrected chi connectivity index (χ0v) is 25.2. The van der Waals surface area contributed by atoms with Crippen LogP contribution in [0.4, 0.5) is 18.9 Å². The molecule has 0 spiro atoms. The lowest BCUT2D eigenvalue weighted by molar-refractivity contribution is -0.134. The Kier molecular flexibility index (Phi) is 9.14. The van der Waals surface area contributed by atoms with Crippen LogP contribution < -0.4 is 11.1 Å². The topological polar surface area (TPSA) is 120 Å². The van der Waals surface area contributed by atoms with Crippen LogP contribution in [0.25, 0.3) is 10.9 Å². The molecule has 4 heterocycles. The van der Waals surface area contributed by atoms with Crippen LogP contribution >= 0.6 is 0 Å². The highest BCUT2D eigenvalue weighted by atomic mass is 19.3. The number of halogens is 3. The molecule has 1 saturated carbocycles. The minimum absolute atomic E-state index is 0.0311. The number of nitrogens with two attached hydrogens (primary N) is 1. The summed E-state index contributed by atoms with van der Waals surface area (Å²) in [4.78, 5) is 26.2. The number of nitrogens with one attached hydrogen (secondary N) is 1. The van der Waals surface area contributed by atoms with Gasteiger partial charge in [-0.05, 0) is 50.5 Å². The summed E-state index contributed by atoms with van der Waals surface area (Å²) in [6, 6.07) is 5.69. The van der Waals surface area contributed by atoms with E-state index in [9.17, 15) is 18.4 Å². The number of amides is 2. The predicted octanol–water partition coefficient (Wildman–Crippen LogP) is 4.02. The van der Waals surface area contributed by atoms with E-state index in [0.29, 0.717) is 31.0 Å². The summed E-state index contributed by atoms with van der Waals surface area (Å²) < 4.78 is 50.4. The number of nitrogen functional groups attached to an aromatic ring is 1. The lowest BCUT2D eigenvalue weighted by atomic mass is 9.85. The number of rotatable bonds is 7. The van der Waals surface area contributed by atoms with Gasteiger partial charge in [0.25, 0.3) is 6.43 Å². The Balaban J connectivity index is 0.983. The van der Waals surface area contributed by atoms with Crippen LogP contribution in [-0.2, 0) is 21.4 Å². The number of carbonyl (C=O) groups excluding carboxylic acids is 2. The number of nitrogens with zero attached hydrogens (tertiary/aromatic N) is 5. The van der Waals surface area contributed by atoms with Gasteiger partial charge >= 0.3 is 0 Å². The summed E-state index contributed by atoms with van der Waals surface area (Å²) >= 11 is 0. The first kappa shape index (κ1) is 31.1. The molecular weight excluding hydrogens is 587 g/mol. The Labute approximate surface area is 259 Å². The van der Waals surface area contributed by atoms with Crippen molar-refractivity contribution in [3.8, 4) is 11.8 Å². The summed E-state index contributed by atoms with van der Waals surface area (Å²) in [5.74, 6) is 5.48. The number of alkyl halides is 3. The molecule has 240 valence electrons. The molecule has 1 unspecified atom stereocenters. The first-order valence-electron chi connectivity index (χ1n) is 15.6. The highest BCUT2D eigenvalue weighted by Crippen LogP contribution is 2.35. The highest BCUT2D eigenvalue weighted by Gasteiger charge is 2.33. The van der Waals surface area contributed by atoms with E-state index in [2.05, 4.69) is 32.3 Å². The number of ether oxygens (including phenoxy) is 1. The maximum absolute atomic E-state index is 15.1. The molecule has 1 aliphatic carbocycles. The van der Waals surface area contributed by atoms with Crippen LogP contribution in [0.3, 0.4) is 0 Å². The molecule has 3 aliphatic rings. The number of fused-ring (bicyclic) bond motifs is 1. The van der Waals surface area contributed by atoms with Gasteiger partial charge in [0, 0.05) is 44.7 Å². The van der Waals surface area contributed by atoms with E-state index in [0.717, 1.165) is 55.2 Å². The van der Waals surface area contributed by atoms with E-state index in [1.165, 1.54) is 6.20 Å². The molecule has 2 aliphatic heterocycles. The molecule has 0 bridgehead atoms. The van der Waals surface area contributed by atoms with E-state index in [-0.39, 0.29) is 42.3 Å². The van der Waals surface area contributed by atoms with Crippen molar-refractivity contribution < 1.29 is 27.5 Å². The number of likely N-dealkylation sites (tertiary alicyclic amines) is 1. The average molecular weight is 626 g/mol. The number of para-hydroxylation sites is 1. The van der Waals surface area contributed by atoms with Crippen molar-refractivity contribution in [2.24, 2.45) is 13.0 Å². The second kappa shape index (κ2) is 13.2. The number of aromatic nitrogens is 4. The molecule has 6 rings (SSSR count). The fraction of sp³-hybridized carbons (Fsp3) is 0.562. The van der Waals surface area contributed by atoms with Crippen molar-refractivity contribution in [3.63, 3.8) is 0 Å². The van der Waals surface area contributed by atoms with Gasteiger partial charge in [-0.25, -0.2) is 13.2 Å². The SMILES string of the molecule is Cn1nc(C2CCC(=O)NC2=O)c2cccc(C#CCO[C@H]3CCN(CC4CCC(n5cc(N)c(C(F)F)n5)CC4)C[C@H]3F)c21. The molecular formula is C32H38F3N7O3. The highest BCUT2D eigenvalue weighted by molar-refractivity contribution is 6.02. The third-order valence-electron chi connectivity index (χ3n) is 9.32. The van der Waals surface area contributed by atoms with E-state index in [4.69, 9.17) is 10.5 Å². The summed E-state index contributed by atoms with van der Waals surface area (Å²) in [5, 5.41) is 11.8. The van der Waals surface area contributed by atoms with Gasteiger partial charge in [0.05, 0.1) is 40.5 Å². The summed E-state index contributed by atoms with van der Waals surface area (Å²) in [7, 11) is 1.80. The second-order valence-electron chi connectivity index (χ2n) is 12.4.